The van der Waals surface area contributed by atoms with Crippen LogP contribution in [-0.2, 0) is 0 Å². The van der Waals surface area contributed by atoms with Crippen molar-refractivity contribution in [3.8, 4) is 5.75 Å². The van der Waals surface area contributed by atoms with Crippen LogP contribution in [0.1, 0.15) is 13.8 Å². The van der Waals surface area contributed by atoms with Gasteiger partial charge in [0.15, 0.2) is 0 Å². The lowest BCUT2D eigenvalue weighted by Gasteiger charge is -2.23. The minimum atomic E-state index is -0.259. The van der Waals surface area contributed by atoms with Crippen molar-refractivity contribution in [2.75, 3.05) is 6.61 Å². The Kier molecular flexibility index (Phi) is 3.47. The summed E-state index contributed by atoms with van der Waals surface area (Å²) in [5.41, 5.74) is 5.33. The van der Waals surface area contributed by atoms with E-state index in [-0.39, 0.29) is 5.41 Å². The second-order valence-electron chi connectivity index (χ2n) is 3.85. The summed E-state index contributed by atoms with van der Waals surface area (Å²) in [5.74, 6) is 0.844. The molecule has 14 heavy (non-hydrogen) atoms. The zero-order valence-corrected chi connectivity index (χ0v) is 9.30. The first-order valence-electron chi connectivity index (χ1n) is 4.50. The number of ether oxygens (including phenoxy) is 1. The highest BCUT2D eigenvalue weighted by atomic mass is 32.1. The Labute approximate surface area is 90.1 Å². The Bertz CT molecular complexity index is 308. The molecule has 3 heteroatoms. The second kappa shape index (κ2) is 4.42. The molecular weight excluding hydrogens is 194 g/mol. The van der Waals surface area contributed by atoms with Gasteiger partial charge in [-0.3, -0.25) is 0 Å². The first-order valence-corrected chi connectivity index (χ1v) is 4.91. The zero-order valence-electron chi connectivity index (χ0n) is 8.49. The fraction of sp³-hybridized carbons (Fsp3) is 0.364. The van der Waals surface area contributed by atoms with Crippen molar-refractivity contribution in [2.24, 2.45) is 11.1 Å². The van der Waals surface area contributed by atoms with Crippen LogP contribution in [0.15, 0.2) is 30.3 Å². The average Bonchev–Trinajstić information content (AvgIpc) is 2.16. The Morgan fingerprint density at radius 1 is 1.36 bits per heavy atom. The fourth-order valence-corrected chi connectivity index (χ4v) is 0.911. The molecule has 1 aromatic carbocycles. The lowest BCUT2D eigenvalue weighted by Crippen LogP contribution is -2.35. The van der Waals surface area contributed by atoms with Gasteiger partial charge in [-0.15, -0.1) is 0 Å². The van der Waals surface area contributed by atoms with Crippen LogP contribution in [0.5, 0.6) is 5.75 Å². The van der Waals surface area contributed by atoms with E-state index in [0.29, 0.717) is 11.6 Å². The van der Waals surface area contributed by atoms with Crippen LogP contribution >= 0.6 is 12.2 Å². The molecule has 0 aliphatic rings. The van der Waals surface area contributed by atoms with Crippen LogP contribution in [0.25, 0.3) is 0 Å². The van der Waals surface area contributed by atoms with E-state index in [1.54, 1.807) is 0 Å². The van der Waals surface area contributed by atoms with Crippen LogP contribution < -0.4 is 10.5 Å². The molecule has 0 radical (unpaired) electrons. The quantitative estimate of drug-likeness (QED) is 0.773. The van der Waals surface area contributed by atoms with Crippen molar-refractivity contribution in [1.82, 2.24) is 0 Å². The molecule has 0 bridgehead atoms. The molecule has 0 saturated carbocycles. The minimum absolute atomic E-state index is 0.259. The summed E-state index contributed by atoms with van der Waals surface area (Å²) < 4.78 is 5.56. The Morgan fingerprint density at radius 2 is 1.93 bits per heavy atom. The van der Waals surface area contributed by atoms with Crippen LogP contribution in [0.3, 0.4) is 0 Å². The molecule has 0 fully saturated rings. The van der Waals surface area contributed by atoms with Crippen molar-refractivity contribution < 1.29 is 4.74 Å². The van der Waals surface area contributed by atoms with Gasteiger partial charge >= 0.3 is 0 Å². The normalized spacial score (nSPS) is 11.0. The second-order valence-corrected chi connectivity index (χ2v) is 4.29. The summed E-state index contributed by atoms with van der Waals surface area (Å²) in [5, 5.41) is 0. The SMILES string of the molecule is CC(C)(COc1ccccc1)C(N)=S. The van der Waals surface area contributed by atoms with E-state index in [1.165, 1.54) is 0 Å². The summed E-state index contributed by atoms with van der Waals surface area (Å²) in [4.78, 5) is 0.480. The van der Waals surface area contributed by atoms with E-state index < -0.39 is 0 Å². The topological polar surface area (TPSA) is 35.2 Å². The van der Waals surface area contributed by atoms with E-state index in [4.69, 9.17) is 22.7 Å². The molecule has 0 aliphatic heterocycles. The van der Waals surface area contributed by atoms with Gasteiger partial charge in [0.2, 0.25) is 0 Å². The van der Waals surface area contributed by atoms with Crippen molar-refractivity contribution in [3.63, 3.8) is 0 Å². The number of hydrogen-bond acceptors (Lipinski definition) is 2. The molecule has 0 amide bonds. The summed E-state index contributed by atoms with van der Waals surface area (Å²) >= 11 is 4.94. The lowest BCUT2D eigenvalue weighted by molar-refractivity contribution is 0.236. The van der Waals surface area contributed by atoms with Crippen molar-refractivity contribution in [1.29, 1.82) is 0 Å². The van der Waals surface area contributed by atoms with Gasteiger partial charge in [0, 0.05) is 5.41 Å². The molecule has 0 unspecified atom stereocenters. The molecule has 0 heterocycles. The number of nitrogens with two attached hydrogens (primary N) is 1. The van der Waals surface area contributed by atoms with E-state index >= 15 is 0 Å². The van der Waals surface area contributed by atoms with E-state index in [9.17, 15) is 0 Å². The maximum atomic E-state index is 5.59. The summed E-state index contributed by atoms with van der Waals surface area (Å²) in [6.45, 7) is 4.45. The zero-order chi connectivity index (χ0) is 10.6. The fourth-order valence-electron chi connectivity index (χ4n) is 0.852. The van der Waals surface area contributed by atoms with Crippen molar-refractivity contribution in [3.05, 3.63) is 30.3 Å². The van der Waals surface area contributed by atoms with Crippen LogP contribution in [0.4, 0.5) is 0 Å². The third-order valence-electron chi connectivity index (χ3n) is 2.01. The average molecular weight is 209 g/mol. The standard InChI is InChI=1S/C11H15NOS/c1-11(2,10(12)14)8-13-9-6-4-3-5-7-9/h3-7H,8H2,1-2H3,(H2,12,14). The summed E-state index contributed by atoms with van der Waals surface area (Å²) in [6, 6.07) is 9.64. The number of para-hydroxylation sites is 1. The number of rotatable bonds is 4. The number of thiocarbonyl (C=S) groups is 1. The Morgan fingerprint density at radius 3 is 2.43 bits per heavy atom. The summed E-state index contributed by atoms with van der Waals surface area (Å²) in [6.07, 6.45) is 0. The van der Waals surface area contributed by atoms with E-state index in [2.05, 4.69) is 0 Å². The van der Waals surface area contributed by atoms with Crippen molar-refractivity contribution in [2.45, 2.75) is 13.8 Å². The predicted octanol–water partition coefficient (Wildman–Crippen LogP) is 2.38. The van der Waals surface area contributed by atoms with E-state index in [0.717, 1.165) is 5.75 Å². The number of benzene rings is 1. The van der Waals surface area contributed by atoms with Gasteiger partial charge in [-0.05, 0) is 12.1 Å². The van der Waals surface area contributed by atoms with Crippen molar-refractivity contribution >= 4 is 17.2 Å². The molecule has 0 atom stereocenters. The molecule has 2 nitrogen and oxygen atoms in total. The highest BCUT2D eigenvalue weighted by molar-refractivity contribution is 7.80. The third kappa shape index (κ3) is 3.00. The van der Waals surface area contributed by atoms with Crippen LogP contribution in [0.2, 0.25) is 0 Å². The number of hydrogen-bond donors (Lipinski definition) is 1. The van der Waals surface area contributed by atoms with Gasteiger partial charge in [0.25, 0.3) is 0 Å². The molecule has 1 aromatic rings. The molecular formula is C11H15NOS. The third-order valence-corrected chi connectivity index (χ3v) is 2.56. The van der Waals surface area contributed by atoms with Crippen LogP contribution in [-0.4, -0.2) is 11.6 Å². The molecule has 0 aromatic heterocycles. The smallest absolute Gasteiger partial charge is 0.119 e. The maximum absolute atomic E-state index is 5.59. The minimum Gasteiger partial charge on any atom is -0.493 e. The van der Waals surface area contributed by atoms with Gasteiger partial charge < -0.3 is 10.5 Å². The molecule has 1 rings (SSSR count). The van der Waals surface area contributed by atoms with Gasteiger partial charge in [-0.1, -0.05) is 44.3 Å². The Balaban J connectivity index is 2.53. The Hall–Kier alpha value is -1.09. The monoisotopic (exact) mass is 209 g/mol. The van der Waals surface area contributed by atoms with Gasteiger partial charge in [0.05, 0.1) is 11.6 Å². The molecule has 2 N–H and O–H groups in total. The lowest BCUT2D eigenvalue weighted by atomic mass is 9.95. The molecule has 0 aliphatic carbocycles. The molecule has 0 spiro atoms. The summed E-state index contributed by atoms with van der Waals surface area (Å²) in [7, 11) is 0. The maximum Gasteiger partial charge on any atom is 0.119 e. The largest absolute Gasteiger partial charge is 0.493 e. The highest BCUT2D eigenvalue weighted by Crippen LogP contribution is 2.18. The highest BCUT2D eigenvalue weighted by Gasteiger charge is 2.22. The molecule has 76 valence electrons. The predicted molar refractivity (Wildman–Crippen MR) is 62.5 cm³/mol. The van der Waals surface area contributed by atoms with Gasteiger partial charge in [0.1, 0.15) is 5.75 Å². The van der Waals surface area contributed by atoms with Gasteiger partial charge in [-0.25, -0.2) is 0 Å². The first-order chi connectivity index (χ1) is 6.52. The van der Waals surface area contributed by atoms with E-state index in [1.807, 2.05) is 44.2 Å². The first kappa shape index (κ1) is 11.0. The van der Waals surface area contributed by atoms with Gasteiger partial charge in [-0.2, -0.15) is 0 Å². The van der Waals surface area contributed by atoms with Crippen LogP contribution in [0, 0.1) is 5.41 Å². The molecule has 0 saturated heterocycles.